The standard InChI is InChI=1S/C29H31NO5/c1-20(2)33-27(31)29(28(32)34-21(3)4)25(22-14-8-5-9-15-22)30(24-18-12-7-13-19-24)35-26(29)23-16-10-6-11-17-23/h5-21,25-26H,1-4H3/t25-,26-/m0/s1. The number of anilines is 1. The minimum atomic E-state index is -1.83. The number of nitrogens with zero attached hydrogens (tertiary/aromatic N) is 1. The van der Waals surface area contributed by atoms with E-state index >= 15 is 0 Å². The minimum absolute atomic E-state index is 0.440. The maximum Gasteiger partial charge on any atom is 0.329 e. The van der Waals surface area contributed by atoms with Gasteiger partial charge < -0.3 is 9.47 Å². The highest BCUT2D eigenvalue weighted by atomic mass is 16.7. The predicted octanol–water partition coefficient (Wildman–Crippen LogP) is 5.81. The van der Waals surface area contributed by atoms with E-state index in [1.807, 2.05) is 91.0 Å². The van der Waals surface area contributed by atoms with Crippen molar-refractivity contribution in [2.75, 3.05) is 5.06 Å². The minimum Gasteiger partial charge on any atom is -0.462 e. The van der Waals surface area contributed by atoms with Crippen LogP contribution >= 0.6 is 0 Å². The van der Waals surface area contributed by atoms with Crippen LogP contribution in [0.25, 0.3) is 0 Å². The molecule has 35 heavy (non-hydrogen) atoms. The van der Waals surface area contributed by atoms with Gasteiger partial charge in [-0.25, -0.2) is 5.06 Å². The number of rotatable bonds is 7. The molecule has 4 rings (SSSR count). The van der Waals surface area contributed by atoms with Crippen molar-refractivity contribution < 1.29 is 23.9 Å². The maximum absolute atomic E-state index is 14.1. The van der Waals surface area contributed by atoms with E-state index in [1.165, 1.54) is 0 Å². The van der Waals surface area contributed by atoms with Gasteiger partial charge in [0.05, 0.1) is 17.9 Å². The van der Waals surface area contributed by atoms with Crippen LogP contribution in [0.4, 0.5) is 5.69 Å². The fraction of sp³-hybridized carbons (Fsp3) is 0.310. The second kappa shape index (κ2) is 10.3. The molecule has 0 aliphatic carbocycles. The van der Waals surface area contributed by atoms with Gasteiger partial charge in [0.1, 0.15) is 12.1 Å². The molecular weight excluding hydrogens is 442 g/mol. The van der Waals surface area contributed by atoms with Crippen molar-refractivity contribution in [1.29, 1.82) is 0 Å². The highest BCUT2D eigenvalue weighted by Gasteiger charge is 2.69. The van der Waals surface area contributed by atoms with E-state index < -0.39 is 41.7 Å². The van der Waals surface area contributed by atoms with Crippen LogP contribution in [0.3, 0.4) is 0 Å². The SMILES string of the molecule is CC(C)OC(=O)C1(C(=O)OC(C)C)[C@H](c2ccccc2)N(c2ccccc2)O[C@H]1c1ccccc1. The summed E-state index contributed by atoms with van der Waals surface area (Å²) < 4.78 is 11.6. The first-order valence-corrected chi connectivity index (χ1v) is 11.9. The molecule has 1 aliphatic heterocycles. The molecule has 0 saturated carbocycles. The Balaban J connectivity index is 2.03. The number of hydrogen-bond donors (Lipinski definition) is 0. The predicted molar refractivity (Wildman–Crippen MR) is 133 cm³/mol. The Morgan fingerprint density at radius 3 is 1.60 bits per heavy atom. The third-order valence-corrected chi connectivity index (χ3v) is 5.89. The molecule has 182 valence electrons. The number of ether oxygens (including phenoxy) is 2. The average Bonchev–Trinajstić information content (AvgIpc) is 3.22. The zero-order valence-electron chi connectivity index (χ0n) is 20.5. The molecular formula is C29H31NO5. The third kappa shape index (κ3) is 4.66. The van der Waals surface area contributed by atoms with Crippen LogP contribution < -0.4 is 5.06 Å². The van der Waals surface area contributed by atoms with Gasteiger partial charge >= 0.3 is 11.9 Å². The van der Waals surface area contributed by atoms with E-state index in [-0.39, 0.29) is 0 Å². The van der Waals surface area contributed by atoms with E-state index in [9.17, 15) is 9.59 Å². The van der Waals surface area contributed by atoms with Crippen molar-refractivity contribution >= 4 is 17.6 Å². The molecule has 0 aromatic heterocycles. The molecule has 0 radical (unpaired) electrons. The van der Waals surface area contributed by atoms with Crippen LogP contribution in [0, 0.1) is 5.41 Å². The molecule has 3 aromatic carbocycles. The topological polar surface area (TPSA) is 65.1 Å². The molecule has 0 amide bonds. The second-order valence-electron chi connectivity index (χ2n) is 9.15. The van der Waals surface area contributed by atoms with E-state index in [0.717, 1.165) is 5.56 Å². The summed E-state index contributed by atoms with van der Waals surface area (Å²) in [5.41, 5.74) is 0.288. The summed E-state index contributed by atoms with van der Waals surface area (Å²) in [6.45, 7) is 7.05. The molecule has 1 saturated heterocycles. The van der Waals surface area contributed by atoms with Crippen molar-refractivity contribution in [1.82, 2.24) is 0 Å². The molecule has 6 nitrogen and oxygen atoms in total. The van der Waals surface area contributed by atoms with Gasteiger partial charge in [0.2, 0.25) is 5.41 Å². The van der Waals surface area contributed by atoms with Gasteiger partial charge in [0.25, 0.3) is 0 Å². The maximum atomic E-state index is 14.1. The van der Waals surface area contributed by atoms with Gasteiger partial charge in [0, 0.05) is 0 Å². The summed E-state index contributed by atoms with van der Waals surface area (Å²) in [4.78, 5) is 34.8. The first kappa shape index (κ1) is 24.5. The lowest BCUT2D eigenvalue weighted by molar-refractivity contribution is -0.182. The first-order chi connectivity index (χ1) is 16.9. The molecule has 0 bridgehead atoms. The van der Waals surface area contributed by atoms with E-state index in [4.69, 9.17) is 14.3 Å². The first-order valence-electron chi connectivity index (χ1n) is 11.9. The Morgan fingerprint density at radius 2 is 1.14 bits per heavy atom. The molecule has 0 unspecified atom stereocenters. The van der Waals surface area contributed by atoms with Crippen LogP contribution in [0.5, 0.6) is 0 Å². The number of carbonyl (C=O) groups is 2. The Labute approximate surface area is 206 Å². The average molecular weight is 474 g/mol. The zero-order valence-corrected chi connectivity index (χ0v) is 20.5. The number of hydroxylamine groups is 1. The fourth-order valence-electron chi connectivity index (χ4n) is 4.50. The van der Waals surface area contributed by atoms with Crippen LogP contribution in [0.1, 0.15) is 51.0 Å². The second-order valence-corrected chi connectivity index (χ2v) is 9.15. The number of esters is 2. The molecule has 0 N–H and O–H groups in total. The molecule has 1 fully saturated rings. The summed E-state index contributed by atoms with van der Waals surface area (Å²) in [6.07, 6.45) is -1.86. The van der Waals surface area contributed by atoms with E-state index in [2.05, 4.69) is 0 Å². The normalized spacial score (nSPS) is 19.1. The van der Waals surface area contributed by atoms with Gasteiger partial charge in [-0.2, -0.15) is 0 Å². The van der Waals surface area contributed by atoms with Gasteiger partial charge in [-0.05, 0) is 51.0 Å². The molecule has 0 spiro atoms. The zero-order chi connectivity index (χ0) is 25.0. The van der Waals surface area contributed by atoms with Gasteiger partial charge in [-0.3, -0.25) is 14.4 Å². The number of carbonyl (C=O) groups excluding carboxylic acids is 2. The molecule has 6 heteroatoms. The number of benzene rings is 3. The number of para-hydroxylation sites is 1. The quantitative estimate of drug-likeness (QED) is 0.319. The summed E-state index contributed by atoms with van der Waals surface area (Å²) in [7, 11) is 0. The molecule has 3 aromatic rings. The highest BCUT2D eigenvalue weighted by molar-refractivity contribution is 6.03. The monoisotopic (exact) mass is 473 g/mol. The molecule has 1 heterocycles. The molecule has 2 atom stereocenters. The van der Waals surface area contributed by atoms with E-state index in [1.54, 1.807) is 32.8 Å². The summed E-state index contributed by atoms with van der Waals surface area (Å²) >= 11 is 0. The van der Waals surface area contributed by atoms with Gasteiger partial charge in [0.15, 0.2) is 0 Å². The van der Waals surface area contributed by atoms with E-state index in [0.29, 0.717) is 11.3 Å². The lowest BCUT2D eigenvalue weighted by Gasteiger charge is -2.35. The van der Waals surface area contributed by atoms with Crippen LogP contribution in [-0.4, -0.2) is 24.1 Å². The number of hydrogen-bond acceptors (Lipinski definition) is 6. The lowest BCUT2D eigenvalue weighted by atomic mass is 9.71. The third-order valence-electron chi connectivity index (χ3n) is 5.89. The van der Waals surface area contributed by atoms with Crippen LogP contribution in [-0.2, 0) is 23.9 Å². The Hall–Kier alpha value is -3.64. The largest absolute Gasteiger partial charge is 0.462 e. The Bertz CT molecular complexity index is 1110. The summed E-state index contributed by atoms with van der Waals surface area (Å²) in [5.74, 6) is -1.36. The van der Waals surface area contributed by atoms with Gasteiger partial charge in [-0.15, -0.1) is 0 Å². The lowest BCUT2D eigenvalue weighted by Crippen LogP contribution is -2.50. The van der Waals surface area contributed by atoms with Gasteiger partial charge in [-0.1, -0.05) is 78.9 Å². The van der Waals surface area contributed by atoms with Crippen molar-refractivity contribution in [3.8, 4) is 0 Å². The molecule has 1 aliphatic rings. The van der Waals surface area contributed by atoms with Crippen LogP contribution in [0.2, 0.25) is 0 Å². The fourth-order valence-corrected chi connectivity index (χ4v) is 4.50. The van der Waals surface area contributed by atoms with Crippen molar-refractivity contribution in [2.45, 2.75) is 52.0 Å². The van der Waals surface area contributed by atoms with Crippen molar-refractivity contribution in [3.63, 3.8) is 0 Å². The summed E-state index contributed by atoms with van der Waals surface area (Å²) in [5, 5.41) is 1.65. The highest BCUT2D eigenvalue weighted by Crippen LogP contribution is 2.58. The van der Waals surface area contributed by atoms with Crippen molar-refractivity contribution in [3.05, 3.63) is 102 Å². The van der Waals surface area contributed by atoms with Crippen molar-refractivity contribution in [2.24, 2.45) is 5.41 Å². The Morgan fingerprint density at radius 1 is 0.714 bits per heavy atom. The smallest absolute Gasteiger partial charge is 0.329 e. The Kier molecular flexibility index (Phi) is 7.22. The summed E-state index contributed by atoms with van der Waals surface area (Å²) in [6, 6.07) is 27.3. The van der Waals surface area contributed by atoms with Crippen LogP contribution in [0.15, 0.2) is 91.0 Å².